The molecule has 1 saturated heterocycles. The van der Waals surface area contributed by atoms with E-state index in [-0.39, 0.29) is 6.10 Å². The van der Waals surface area contributed by atoms with Gasteiger partial charge in [-0.25, -0.2) is 0 Å². The van der Waals surface area contributed by atoms with Crippen molar-refractivity contribution in [3.05, 3.63) is 33.8 Å². The Morgan fingerprint density at radius 2 is 2.30 bits per heavy atom. The molecule has 2 atom stereocenters. The maximum atomic E-state index is 10.2. The van der Waals surface area contributed by atoms with Crippen LogP contribution in [0, 0.1) is 0 Å². The number of hydrogen-bond acceptors (Lipinski definition) is 4. The summed E-state index contributed by atoms with van der Waals surface area (Å²) in [6, 6.07) is 5.10. The Hall–Kier alpha value is -0.360. The maximum Gasteiger partial charge on any atom is 0.0929 e. The highest BCUT2D eigenvalue weighted by Crippen LogP contribution is 2.25. The Balaban J connectivity index is 1.80. The first kappa shape index (κ1) is 16.0. The fraction of sp³-hybridized carbons (Fsp3) is 0.571. The standard InChI is InChI=1S/C14H20Cl2N2O2/c1-18-4-5-20-11(9-18)7-17-8-14(19)12-6-10(15)2-3-13(12)16/h2-3,6,11,14,17,19H,4-5,7-9H2,1H3/t11-,14-/m0/s1. The first-order chi connectivity index (χ1) is 9.56. The van der Waals surface area contributed by atoms with Crippen molar-refractivity contribution in [2.24, 2.45) is 0 Å². The summed E-state index contributed by atoms with van der Waals surface area (Å²) in [5, 5.41) is 14.5. The van der Waals surface area contributed by atoms with Crippen molar-refractivity contribution in [2.45, 2.75) is 12.2 Å². The molecule has 0 amide bonds. The highest BCUT2D eigenvalue weighted by atomic mass is 35.5. The van der Waals surface area contributed by atoms with Gasteiger partial charge in [-0.2, -0.15) is 0 Å². The van der Waals surface area contributed by atoms with Crippen LogP contribution in [0.4, 0.5) is 0 Å². The van der Waals surface area contributed by atoms with Gasteiger partial charge in [-0.15, -0.1) is 0 Å². The smallest absolute Gasteiger partial charge is 0.0929 e. The van der Waals surface area contributed by atoms with Crippen LogP contribution in [0.1, 0.15) is 11.7 Å². The quantitative estimate of drug-likeness (QED) is 0.871. The van der Waals surface area contributed by atoms with Gasteiger partial charge in [0.2, 0.25) is 0 Å². The first-order valence-corrected chi connectivity index (χ1v) is 7.45. The zero-order valence-electron chi connectivity index (χ0n) is 11.5. The van der Waals surface area contributed by atoms with E-state index in [1.54, 1.807) is 18.2 Å². The molecule has 2 N–H and O–H groups in total. The lowest BCUT2D eigenvalue weighted by Crippen LogP contribution is -2.45. The number of aliphatic hydroxyl groups excluding tert-OH is 1. The molecule has 4 nitrogen and oxygen atoms in total. The van der Waals surface area contributed by atoms with E-state index in [9.17, 15) is 5.11 Å². The van der Waals surface area contributed by atoms with Gasteiger partial charge in [0, 0.05) is 41.8 Å². The predicted molar refractivity (Wildman–Crippen MR) is 81.5 cm³/mol. The lowest BCUT2D eigenvalue weighted by molar-refractivity contribution is -0.0191. The van der Waals surface area contributed by atoms with E-state index < -0.39 is 6.10 Å². The van der Waals surface area contributed by atoms with Crippen LogP contribution in [-0.2, 0) is 4.74 Å². The van der Waals surface area contributed by atoms with Crippen molar-refractivity contribution >= 4 is 23.2 Å². The molecule has 0 aromatic heterocycles. The summed E-state index contributed by atoms with van der Waals surface area (Å²) < 4.78 is 5.65. The average molecular weight is 319 g/mol. The second-order valence-corrected chi connectivity index (χ2v) is 5.94. The SMILES string of the molecule is CN1CCO[C@@H](CNC[C@H](O)c2cc(Cl)ccc2Cl)C1. The van der Waals surface area contributed by atoms with Crippen molar-refractivity contribution in [1.29, 1.82) is 0 Å². The highest BCUT2D eigenvalue weighted by Gasteiger charge is 2.18. The van der Waals surface area contributed by atoms with Crippen LogP contribution < -0.4 is 5.32 Å². The summed E-state index contributed by atoms with van der Waals surface area (Å²) >= 11 is 12.0. The summed E-state index contributed by atoms with van der Waals surface area (Å²) in [5.74, 6) is 0. The Kier molecular flexibility index (Phi) is 6.08. The number of rotatable bonds is 5. The van der Waals surface area contributed by atoms with Gasteiger partial charge in [0.25, 0.3) is 0 Å². The molecule has 1 aromatic rings. The summed E-state index contributed by atoms with van der Waals surface area (Å²) in [6.45, 7) is 3.76. The average Bonchev–Trinajstić information content (AvgIpc) is 2.41. The number of benzene rings is 1. The fourth-order valence-electron chi connectivity index (χ4n) is 2.25. The third kappa shape index (κ3) is 4.58. The molecular formula is C14H20Cl2N2O2. The maximum absolute atomic E-state index is 10.2. The van der Waals surface area contributed by atoms with Crippen molar-refractivity contribution < 1.29 is 9.84 Å². The number of hydrogen-bond donors (Lipinski definition) is 2. The van der Waals surface area contributed by atoms with Gasteiger partial charge < -0.3 is 20.1 Å². The monoisotopic (exact) mass is 318 g/mol. The van der Waals surface area contributed by atoms with Crippen LogP contribution >= 0.6 is 23.2 Å². The van der Waals surface area contributed by atoms with E-state index in [1.807, 2.05) is 0 Å². The normalized spacial score (nSPS) is 21.9. The zero-order chi connectivity index (χ0) is 14.5. The Labute approximate surface area is 129 Å². The fourth-order valence-corrected chi connectivity index (χ4v) is 2.68. The molecule has 1 aliphatic heterocycles. The van der Waals surface area contributed by atoms with Crippen LogP contribution in [0.3, 0.4) is 0 Å². The molecule has 1 fully saturated rings. The van der Waals surface area contributed by atoms with Crippen LogP contribution in [0.5, 0.6) is 0 Å². The topological polar surface area (TPSA) is 44.7 Å². The second-order valence-electron chi connectivity index (χ2n) is 5.09. The van der Waals surface area contributed by atoms with Crippen LogP contribution in [0.25, 0.3) is 0 Å². The van der Waals surface area contributed by atoms with E-state index in [0.29, 0.717) is 28.7 Å². The van der Waals surface area contributed by atoms with Gasteiger partial charge in [-0.1, -0.05) is 23.2 Å². The molecular weight excluding hydrogens is 299 g/mol. The molecule has 2 rings (SSSR count). The Morgan fingerprint density at radius 1 is 1.50 bits per heavy atom. The molecule has 0 radical (unpaired) electrons. The summed E-state index contributed by atoms with van der Waals surface area (Å²) in [5.41, 5.74) is 0.647. The van der Waals surface area contributed by atoms with E-state index in [4.69, 9.17) is 27.9 Å². The van der Waals surface area contributed by atoms with Crippen molar-refractivity contribution in [1.82, 2.24) is 10.2 Å². The van der Waals surface area contributed by atoms with Crippen molar-refractivity contribution in [2.75, 3.05) is 39.8 Å². The first-order valence-electron chi connectivity index (χ1n) is 6.70. The van der Waals surface area contributed by atoms with Gasteiger partial charge in [-0.3, -0.25) is 0 Å². The van der Waals surface area contributed by atoms with Gasteiger partial charge in [0.15, 0.2) is 0 Å². The third-order valence-corrected chi connectivity index (χ3v) is 3.95. The number of ether oxygens (including phenoxy) is 1. The number of halogens is 2. The minimum Gasteiger partial charge on any atom is -0.387 e. The minimum atomic E-state index is -0.678. The minimum absolute atomic E-state index is 0.163. The lowest BCUT2D eigenvalue weighted by atomic mass is 10.1. The Morgan fingerprint density at radius 3 is 3.05 bits per heavy atom. The summed E-state index contributed by atoms with van der Waals surface area (Å²) in [4.78, 5) is 2.24. The number of morpholine rings is 1. The molecule has 0 unspecified atom stereocenters. The van der Waals surface area contributed by atoms with Crippen LogP contribution in [0.2, 0.25) is 10.0 Å². The molecule has 1 aliphatic rings. The summed E-state index contributed by atoms with van der Waals surface area (Å²) in [6.07, 6.45) is -0.515. The largest absolute Gasteiger partial charge is 0.387 e. The van der Waals surface area contributed by atoms with Crippen LogP contribution in [0.15, 0.2) is 18.2 Å². The van der Waals surface area contributed by atoms with Gasteiger partial charge in [-0.05, 0) is 25.2 Å². The van der Waals surface area contributed by atoms with E-state index >= 15 is 0 Å². The molecule has 1 aromatic carbocycles. The molecule has 0 aliphatic carbocycles. The van der Waals surface area contributed by atoms with Crippen LogP contribution in [-0.4, -0.2) is 55.9 Å². The second kappa shape index (κ2) is 7.59. The van der Waals surface area contributed by atoms with Crippen molar-refractivity contribution in [3.63, 3.8) is 0 Å². The van der Waals surface area contributed by atoms with E-state index in [1.165, 1.54) is 0 Å². The van der Waals surface area contributed by atoms with Gasteiger partial charge >= 0.3 is 0 Å². The molecule has 6 heteroatoms. The van der Waals surface area contributed by atoms with Crippen molar-refractivity contribution in [3.8, 4) is 0 Å². The van der Waals surface area contributed by atoms with Gasteiger partial charge in [0.1, 0.15) is 0 Å². The molecule has 20 heavy (non-hydrogen) atoms. The molecule has 112 valence electrons. The van der Waals surface area contributed by atoms with E-state index in [2.05, 4.69) is 17.3 Å². The number of likely N-dealkylation sites (N-methyl/N-ethyl adjacent to an activating group) is 1. The number of nitrogens with one attached hydrogen (secondary N) is 1. The molecule has 0 saturated carbocycles. The summed E-state index contributed by atoms with van der Waals surface area (Å²) in [7, 11) is 2.08. The predicted octanol–water partition coefficient (Wildman–Crippen LogP) is 1.95. The lowest BCUT2D eigenvalue weighted by Gasteiger charge is -2.30. The van der Waals surface area contributed by atoms with E-state index in [0.717, 1.165) is 19.7 Å². The number of nitrogens with zero attached hydrogens (tertiary/aromatic N) is 1. The molecule has 0 bridgehead atoms. The Bertz CT molecular complexity index is 445. The third-order valence-electron chi connectivity index (χ3n) is 3.37. The molecule has 0 spiro atoms. The zero-order valence-corrected chi connectivity index (χ0v) is 13.0. The molecule has 1 heterocycles. The number of aliphatic hydroxyl groups is 1. The van der Waals surface area contributed by atoms with Gasteiger partial charge in [0.05, 0.1) is 18.8 Å². The highest BCUT2D eigenvalue weighted by molar-refractivity contribution is 6.33.